The van der Waals surface area contributed by atoms with E-state index in [2.05, 4.69) is 0 Å². The minimum absolute atomic E-state index is 0.0672. The Morgan fingerprint density at radius 1 is 0.905 bits per heavy atom. The maximum atomic E-state index is 12.4. The number of hydrogen-bond donors (Lipinski definition) is 0. The molecule has 2 aromatic carbocycles. The Labute approximate surface area is 123 Å². The van der Waals surface area contributed by atoms with Crippen LogP contribution in [0.1, 0.15) is 27.6 Å². The molecule has 0 saturated heterocycles. The lowest BCUT2D eigenvalue weighted by Crippen LogP contribution is -2.09. The zero-order valence-corrected chi connectivity index (χ0v) is 11.8. The third kappa shape index (κ3) is 3.89. The van der Waals surface area contributed by atoms with Gasteiger partial charge in [-0.25, -0.2) is 0 Å². The predicted octanol–water partition coefficient (Wildman–Crippen LogP) is 3.67. The molecule has 0 spiro atoms. The highest BCUT2D eigenvalue weighted by Gasteiger charge is 2.15. The molecule has 0 aliphatic carbocycles. The molecule has 2 aromatic rings. The first-order valence-corrected chi connectivity index (χ1v) is 6.76. The Morgan fingerprint density at radius 2 is 1.43 bits per heavy atom. The quantitative estimate of drug-likeness (QED) is 0.460. The van der Waals surface area contributed by atoms with E-state index in [-0.39, 0.29) is 17.3 Å². The molecule has 0 amide bonds. The van der Waals surface area contributed by atoms with Gasteiger partial charge in [-0.1, -0.05) is 60.7 Å². The normalized spacial score (nSPS) is 11.0. The van der Waals surface area contributed by atoms with Gasteiger partial charge in [0, 0.05) is 17.2 Å². The molecule has 0 bridgehead atoms. The largest absolute Gasteiger partial charge is 0.490 e. The molecule has 3 heteroatoms. The summed E-state index contributed by atoms with van der Waals surface area (Å²) in [5, 5.41) is 0. The van der Waals surface area contributed by atoms with Crippen molar-refractivity contribution in [1.29, 1.82) is 0 Å². The minimum atomic E-state index is -0.290. The van der Waals surface area contributed by atoms with Crippen molar-refractivity contribution in [2.24, 2.45) is 0 Å². The second-order valence-electron chi connectivity index (χ2n) is 4.37. The highest BCUT2D eigenvalue weighted by atomic mass is 16.5. The summed E-state index contributed by atoms with van der Waals surface area (Å²) < 4.78 is 5.34. The van der Waals surface area contributed by atoms with Gasteiger partial charge >= 0.3 is 0 Å². The van der Waals surface area contributed by atoms with Crippen molar-refractivity contribution in [2.45, 2.75) is 6.92 Å². The topological polar surface area (TPSA) is 43.4 Å². The predicted molar refractivity (Wildman–Crippen MR) is 81.3 cm³/mol. The van der Waals surface area contributed by atoms with E-state index in [4.69, 9.17) is 4.74 Å². The number of ketones is 2. The van der Waals surface area contributed by atoms with Crippen molar-refractivity contribution < 1.29 is 14.3 Å². The SMILES string of the molecule is CCOC(=CC(=O)c1ccccc1)C(=O)c1ccccc1. The van der Waals surface area contributed by atoms with Crippen LogP contribution in [-0.2, 0) is 4.74 Å². The van der Waals surface area contributed by atoms with Gasteiger partial charge in [0.05, 0.1) is 6.61 Å². The van der Waals surface area contributed by atoms with Gasteiger partial charge in [0.15, 0.2) is 11.5 Å². The van der Waals surface area contributed by atoms with E-state index in [9.17, 15) is 9.59 Å². The summed E-state index contributed by atoms with van der Waals surface area (Å²) in [5.74, 6) is -0.470. The van der Waals surface area contributed by atoms with Crippen LogP contribution in [0.2, 0.25) is 0 Å². The third-order valence-electron chi connectivity index (χ3n) is 2.88. The number of ether oxygens (including phenoxy) is 1. The number of Topliss-reactive ketones (excluding diaryl/α,β-unsaturated/α-hetero) is 1. The van der Waals surface area contributed by atoms with Crippen molar-refractivity contribution >= 4 is 11.6 Å². The standard InChI is InChI=1S/C18H16O3/c1-2-21-17(18(20)15-11-7-4-8-12-15)13-16(19)14-9-5-3-6-10-14/h3-13H,2H2,1H3. The average Bonchev–Trinajstić information content (AvgIpc) is 2.55. The van der Waals surface area contributed by atoms with Crippen LogP contribution < -0.4 is 0 Å². The fourth-order valence-corrected chi connectivity index (χ4v) is 1.86. The Bertz CT molecular complexity index is 643. The first-order chi connectivity index (χ1) is 10.2. The Balaban J connectivity index is 2.28. The van der Waals surface area contributed by atoms with Gasteiger partial charge in [0.25, 0.3) is 0 Å². The van der Waals surface area contributed by atoms with E-state index in [0.29, 0.717) is 17.7 Å². The number of benzene rings is 2. The Kier molecular flexibility index (Phi) is 5.04. The molecule has 0 heterocycles. The molecule has 0 fully saturated rings. The molecule has 0 aromatic heterocycles. The molecule has 0 aliphatic heterocycles. The van der Waals surface area contributed by atoms with Gasteiger partial charge in [0.2, 0.25) is 5.78 Å². The van der Waals surface area contributed by atoms with E-state index in [1.54, 1.807) is 55.5 Å². The van der Waals surface area contributed by atoms with Crippen LogP contribution in [0.4, 0.5) is 0 Å². The smallest absolute Gasteiger partial charge is 0.227 e. The summed E-state index contributed by atoms with van der Waals surface area (Å²) in [6.45, 7) is 2.10. The van der Waals surface area contributed by atoms with Crippen molar-refractivity contribution in [1.82, 2.24) is 0 Å². The van der Waals surface area contributed by atoms with Gasteiger partial charge in [-0.05, 0) is 6.92 Å². The minimum Gasteiger partial charge on any atom is -0.490 e. The molecule has 106 valence electrons. The van der Waals surface area contributed by atoms with E-state index >= 15 is 0 Å². The van der Waals surface area contributed by atoms with Crippen LogP contribution >= 0.6 is 0 Å². The summed E-state index contributed by atoms with van der Waals surface area (Å²) in [5.41, 5.74) is 1.02. The van der Waals surface area contributed by atoms with Gasteiger partial charge in [-0.3, -0.25) is 9.59 Å². The molecule has 3 nitrogen and oxygen atoms in total. The lowest BCUT2D eigenvalue weighted by molar-refractivity contribution is 0.0910. The fourth-order valence-electron chi connectivity index (χ4n) is 1.86. The monoisotopic (exact) mass is 280 g/mol. The number of hydrogen-bond acceptors (Lipinski definition) is 3. The summed E-state index contributed by atoms with van der Waals surface area (Å²) in [6.07, 6.45) is 1.26. The third-order valence-corrected chi connectivity index (χ3v) is 2.88. The zero-order valence-electron chi connectivity index (χ0n) is 11.8. The van der Waals surface area contributed by atoms with Crippen LogP contribution in [0.5, 0.6) is 0 Å². The lowest BCUT2D eigenvalue weighted by Gasteiger charge is -2.07. The number of allylic oxidation sites excluding steroid dienone is 2. The van der Waals surface area contributed by atoms with E-state index < -0.39 is 0 Å². The number of rotatable bonds is 6. The van der Waals surface area contributed by atoms with Crippen molar-refractivity contribution in [3.63, 3.8) is 0 Å². The van der Waals surface area contributed by atoms with Crippen molar-refractivity contribution in [2.75, 3.05) is 6.61 Å². The molecule has 0 N–H and O–H groups in total. The molecule has 2 rings (SSSR count). The second kappa shape index (κ2) is 7.20. The fraction of sp³-hybridized carbons (Fsp3) is 0.111. The molecule has 0 unspecified atom stereocenters. The maximum Gasteiger partial charge on any atom is 0.227 e. The summed E-state index contributed by atoms with van der Waals surface area (Å²) in [4.78, 5) is 24.5. The van der Waals surface area contributed by atoms with Gasteiger partial charge < -0.3 is 4.74 Å². The molecule has 0 aliphatic rings. The first-order valence-electron chi connectivity index (χ1n) is 6.76. The Morgan fingerprint density at radius 3 is 1.95 bits per heavy atom. The second-order valence-corrected chi connectivity index (χ2v) is 4.37. The maximum absolute atomic E-state index is 12.4. The van der Waals surface area contributed by atoms with Gasteiger partial charge in [-0.2, -0.15) is 0 Å². The summed E-state index contributed by atoms with van der Waals surface area (Å²) in [6, 6.07) is 17.6. The molecule has 21 heavy (non-hydrogen) atoms. The zero-order chi connectivity index (χ0) is 15.1. The van der Waals surface area contributed by atoms with Crippen LogP contribution in [0.15, 0.2) is 72.5 Å². The number of carbonyl (C=O) groups is 2. The lowest BCUT2D eigenvalue weighted by atomic mass is 10.1. The van der Waals surface area contributed by atoms with Gasteiger partial charge in [0.1, 0.15) is 0 Å². The first kappa shape index (κ1) is 14.7. The van der Waals surface area contributed by atoms with E-state index in [1.807, 2.05) is 12.1 Å². The van der Waals surface area contributed by atoms with Crippen molar-refractivity contribution in [3.05, 3.63) is 83.6 Å². The highest BCUT2D eigenvalue weighted by molar-refractivity contribution is 6.13. The van der Waals surface area contributed by atoms with Gasteiger partial charge in [-0.15, -0.1) is 0 Å². The van der Waals surface area contributed by atoms with Crippen LogP contribution in [0, 0.1) is 0 Å². The molecular formula is C18H16O3. The summed E-state index contributed by atoms with van der Waals surface area (Å²) in [7, 11) is 0. The molecular weight excluding hydrogens is 264 g/mol. The molecule has 0 saturated carbocycles. The van der Waals surface area contributed by atoms with Crippen molar-refractivity contribution in [3.8, 4) is 0 Å². The Hall–Kier alpha value is -2.68. The molecule has 0 atom stereocenters. The average molecular weight is 280 g/mol. The van der Waals surface area contributed by atoms with Crippen LogP contribution in [-0.4, -0.2) is 18.2 Å². The van der Waals surface area contributed by atoms with E-state index in [1.165, 1.54) is 6.08 Å². The highest BCUT2D eigenvalue weighted by Crippen LogP contribution is 2.12. The molecule has 0 radical (unpaired) electrons. The van der Waals surface area contributed by atoms with Crippen LogP contribution in [0.25, 0.3) is 0 Å². The van der Waals surface area contributed by atoms with E-state index in [0.717, 1.165) is 0 Å². The number of carbonyl (C=O) groups excluding carboxylic acids is 2. The van der Waals surface area contributed by atoms with Crippen LogP contribution in [0.3, 0.4) is 0 Å². The summed E-state index contributed by atoms with van der Waals surface area (Å²) >= 11 is 0.